The lowest BCUT2D eigenvalue weighted by molar-refractivity contribution is -0.138. The summed E-state index contributed by atoms with van der Waals surface area (Å²) < 4.78 is 52.8. The molecule has 0 radical (unpaired) electrons. The average Bonchev–Trinajstić information content (AvgIpc) is 2.86. The summed E-state index contributed by atoms with van der Waals surface area (Å²) in [4.78, 5) is 16.1. The van der Waals surface area contributed by atoms with Crippen molar-refractivity contribution in [1.82, 2.24) is 9.80 Å². The van der Waals surface area contributed by atoms with Gasteiger partial charge in [-0.15, -0.1) is 0 Å². The van der Waals surface area contributed by atoms with E-state index in [1.807, 2.05) is 4.90 Å². The second-order valence-electron chi connectivity index (χ2n) is 6.59. The number of hydrogen-bond acceptors (Lipinski definition) is 2. The molecule has 1 amide bonds. The van der Waals surface area contributed by atoms with Crippen molar-refractivity contribution in [3.63, 3.8) is 0 Å². The lowest BCUT2D eigenvalue weighted by atomic mass is 10.1. The van der Waals surface area contributed by atoms with Gasteiger partial charge in [0.15, 0.2) is 0 Å². The van der Waals surface area contributed by atoms with Crippen LogP contribution in [0, 0.1) is 5.82 Å². The smallest absolute Gasteiger partial charge is 0.337 e. The normalized spacial score (nSPS) is 16.2. The van der Waals surface area contributed by atoms with Crippen LogP contribution in [-0.2, 0) is 12.7 Å². The van der Waals surface area contributed by atoms with Crippen LogP contribution in [0.2, 0.25) is 0 Å². The average molecular weight is 380 g/mol. The zero-order valence-electron chi connectivity index (χ0n) is 14.7. The van der Waals surface area contributed by atoms with Crippen molar-refractivity contribution < 1.29 is 22.4 Å². The summed E-state index contributed by atoms with van der Waals surface area (Å²) in [7, 11) is 0. The third-order valence-corrected chi connectivity index (χ3v) is 4.66. The van der Waals surface area contributed by atoms with Gasteiger partial charge in [0.05, 0.1) is 5.56 Å². The van der Waals surface area contributed by atoms with Gasteiger partial charge in [-0.3, -0.25) is 9.69 Å². The van der Waals surface area contributed by atoms with E-state index >= 15 is 0 Å². The minimum atomic E-state index is -4.39. The molecular formula is C20H20F4N2O. The Bertz CT molecular complexity index is 807. The maximum absolute atomic E-state index is 13.3. The Morgan fingerprint density at radius 2 is 1.74 bits per heavy atom. The van der Waals surface area contributed by atoms with E-state index in [0.717, 1.165) is 6.07 Å². The van der Waals surface area contributed by atoms with Crippen LogP contribution >= 0.6 is 0 Å². The molecule has 0 unspecified atom stereocenters. The highest BCUT2D eigenvalue weighted by molar-refractivity contribution is 5.94. The first-order valence-corrected chi connectivity index (χ1v) is 8.77. The van der Waals surface area contributed by atoms with Crippen LogP contribution in [0.4, 0.5) is 17.6 Å². The molecule has 0 atom stereocenters. The summed E-state index contributed by atoms with van der Waals surface area (Å²) >= 11 is 0. The number of hydrogen-bond donors (Lipinski definition) is 0. The molecule has 1 saturated heterocycles. The van der Waals surface area contributed by atoms with Crippen molar-refractivity contribution in [3.8, 4) is 0 Å². The van der Waals surface area contributed by atoms with Gasteiger partial charge >= 0.3 is 6.18 Å². The number of amides is 1. The summed E-state index contributed by atoms with van der Waals surface area (Å²) in [6, 6.07) is 11.1. The van der Waals surface area contributed by atoms with Gasteiger partial charge < -0.3 is 4.90 Å². The number of carbonyl (C=O) groups excluding carboxylic acids is 1. The number of rotatable bonds is 3. The van der Waals surface area contributed by atoms with E-state index in [4.69, 9.17) is 0 Å². The first kappa shape index (κ1) is 19.4. The molecule has 0 spiro atoms. The minimum absolute atomic E-state index is 0.178. The third kappa shape index (κ3) is 4.86. The lowest BCUT2D eigenvalue weighted by Gasteiger charge is -2.23. The summed E-state index contributed by atoms with van der Waals surface area (Å²) in [5.74, 6) is -0.729. The molecule has 0 bridgehead atoms. The van der Waals surface area contributed by atoms with Crippen molar-refractivity contribution in [2.45, 2.75) is 19.1 Å². The van der Waals surface area contributed by atoms with Crippen molar-refractivity contribution in [2.75, 3.05) is 26.2 Å². The SMILES string of the molecule is O=C(c1cccc(F)c1)N1CCCN(Cc2ccccc2C(F)(F)F)CC1. The highest BCUT2D eigenvalue weighted by Gasteiger charge is 2.33. The van der Waals surface area contributed by atoms with Crippen molar-refractivity contribution >= 4 is 5.91 Å². The van der Waals surface area contributed by atoms with Crippen LogP contribution in [0.1, 0.15) is 27.9 Å². The minimum Gasteiger partial charge on any atom is -0.337 e. The van der Waals surface area contributed by atoms with Gasteiger partial charge in [-0.2, -0.15) is 13.2 Å². The summed E-state index contributed by atoms with van der Waals surface area (Å²) in [6.45, 7) is 2.13. The first-order chi connectivity index (χ1) is 12.8. The number of carbonyl (C=O) groups is 1. The molecule has 7 heteroatoms. The molecule has 1 heterocycles. The Balaban J connectivity index is 1.67. The second-order valence-corrected chi connectivity index (χ2v) is 6.59. The quantitative estimate of drug-likeness (QED) is 0.746. The predicted molar refractivity (Wildman–Crippen MR) is 93.6 cm³/mol. The van der Waals surface area contributed by atoms with Gasteiger partial charge in [0, 0.05) is 38.3 Å². The van der Waals surface area contributed by atoms with Gasteiger partial charge in [-0.05, 0) is 36.2 Å². The largest absolute Gasteiger partial charge is 0.416 e. The number of alkyl halides is 3. The molecule has 1 fully saturated rings. The summed E-state index contributed by atoms with van der Waals surface area (Å²) in [5.41, 5.74) is -0.109. The first-order valence-electron chi connectivity index (χ1n) is 8.77. The molecule has 144 valence electrons. The molecule has 0 aliphatic carbocycles. The van der Waals surface area contributed by atoms with Gasteiger partial charge in [0.25, 0.3) is 5.91 Å². The van der Waals surface area contributed by atoms with Crippen LogP contribution < -0.4 is 0 Å². The Hall–Kier alpha value is -2.41. The molecule has 2 aromatic carbocycles. The number of nitrogens with zero attached hydrogens (tertiary/aromatic N) is 2. The Morgan fingerprint density at radius 3 is 2.48 bits per heavy atom. The van der Waals surface area contributed by atoms with E-state index in [9.17, 15) is 22.4 Å². The van der Waals surface area contributed by atoms with Gasteiger partial charge in [0.2, 0.25) is 0 Å². The maximum atomic E-state index is 13.3. The van der Waals surface area contributed by atoms with E-state index in [-0.39, 0.29) is 23.6 Å². The van der Waals surface area contributed by atoms with E-state index in [0.29, 0.717) is 32.6 Å². The van der Waals surface area contributed by atoms with Crippen LogP contribution in [-0.4, -0.2) is 41.9 Å². The second kappa shape index (κ2) is 8.08. The lowest BCUT2D eigenvalue weighted by Crippen LogP contribution is -2.35. The van der Waals surface area contributed by atoms with E-state index in [2.05, 4.69) is 0 Å². The molecule has 0 N–H and O–H groups in total. The highest BCUT2D eigenvalue weighted by atomic mass is 19.4. The van der Waals surface area contributed by atoms with Gasteiger partial charge in [-0.1, -0.05) is 24.3 Å². The predicted octanol–water partition coefficient (Wildman–Crippen LogP) is 4.19. The topological polar surface area (TPSA) is 23.6 Å². The Labute approximate surface area is 155 Å². The van der Waals surface area contributed by atoms with E-state index in [1.165, 1.54) is 30.3 Å². The Morgan fingerprint density at radius 1 is 0.963 bits per heavy atom. The van der Waals surface area contributed by atoms with Crippen LogP contribution in [0.25, 0.3) is 0 Å². The summed E-state index contributed by atoms with van der Waals surface area (Å²) in [6.07, 6.45) is -3.74. The van der Waals surface area contributed by atoms with Crippen molar-refractivity contribution in [2.24, 2.45) is 0 Å². The third-order valence-electron chi connectivity index (χ3n) is 4.66. The molecule has 27 heavy (non-hydrogen) atoms. The fourth-order valence-electron chi connectivity index (χ4n) is 3.31. The molecular weight excluding hydrogens is 360 g/mol. The fourth-order valence-corrected chi connectivity index (χ4v) is 3.31. The van der Waals surface area contributed by atoms with Crippen LogP contribution in [0.15, 0.2) is 48.5 Å². The number of halogens is 4. The van der Waals surface area contributed by atoms with Gasteiger partial charge in [-0.25, -0.2) is 4.39 Å². The number of benzene rings is 2. The highest BCUT2D eigenvalue weighted by Crippen LogP contribution is 2.32. The molecule has 3 nitrogen and oxygen atoms in total. The zero-order chi connectivity index (χ0) is 19.4. The standard InChI is InChI=1S/C20H20F4N2O/c21-17-7-3-6-15(13-17)19(27)26-10-4-9-25(11-12-26)14-16-5-1-2-8-18(16)20(22,23)24/h1-3,5-8,13H,4,9-12,14H2. The van der Waals surface area contributed by atoms with E-state index in [1.54, 1.807) is 17.0 Å². The van der Waals surface area contributed by atoms with E-state index < -0.39 is 17.6 Å². The van der Waals surface area contributed by atoms with Crippen LogP contribution in [0.3, 0.4) is 0 Å². The zero-order valence-corrected chi connectivity index (χ0v) is 14.7. The Kier molecular flexibility index (Phi) is 5.79. The summed E-state index contributed by atoms with van der Waals surface area (Å²) in [5, 5.41) is 0. The van der Waals surface area contributed by atoms with Crippen LogP contribution in [0.5, 0.6) is 0 Å². The molecule has 0 aromatic heterocycles. The maximum Gasteiger partial charge on any atom is 0.416 e. The monoisotopic (exact) mass is 380 g/mol. The molecule has 2 aromatic rings. The fraction of sp³-hybridized carbons (Fsp3) is 0.350. The molecule has 1 aliphatic rings. The molecule has 1 aliphatic heterocycles. The molecule has 0 saturated carbocycles. The van der Waals surface area contributed by atoms with Crippen molar-refractivity contribution in [3.05, 3.63) is 71.0 Å². The van der Waals surface area contributed by atoms with Gasteiger partial charge in [0.1, 0.15) is 5.82 Å². The van der Waals surface area contributed by atoms with Crippen molar-refractivity contribution in [1.29, 1.82) is 0 Å². The molecule has 3 rings (SSSR count).